The summed E-state index contributed by atoms with van der Waals surface area (Å²) in [5.74, 6) is 0.788. The number of hydrogen-bond acceptors (Lipinski definition) is 3. The summed E-state index contributed by atoms with van der Waals surface area (Å²) in [5, 5.41) is 0.666. The minimum absolute atomic E-state index is 0.0349. The topological polar surface area (TPSA) is 49.0 Å². The minimum Gasteiger partial charge on any atom is -0.309 e. The van der Waals surface area contributed by atoms with Crippen molar-refractivity contribution < 1.29 is 0 Å². The average molecular weight is 271 g/mol. The van der Waals surface area contributed by atoms with Crippen LogP contribution in [-0.2, 0) is 0 Å². The third-order valence-electron chi connectivity index (χ3n) is 4.22. The zero-order valence-corrected chi connectivity index (χ0v) is 11.9. The van der Waals surface area contributed by atoms with Crippen LogP contribution in [0.3, 0.4) is 0 Å². The van der Waals surface area contributed by atoms with Crippen molar-refractivity contribution in [3.05, 3.63) is 40.4 Å². The number of nitrogens with one attached hydrogen (secondary N) is 1. The van der Waals surface area contributed by atoms with E-state index >= 15 is 0 Å². The molecule has 106 valence electrons. The zero-order chi connectivity index (χ0) is 13.9. The highest BCUT2D eigenvalue weighted by molar-refractivity contribution is 5.77. The molecule has 0 aliphatic carbocycles. The molecule has 1 saturated heterocycles. The smallest absolute Gasteiger partial charge is 0.258 e. The molecule has 20 heavy (non-hydrogen) atoms. The SMILES string of the molecule is CC(c1nc2ccccc2c(=O)[nH]1)N1CCCCCC1. The predicted octanol–water partition coefficient (Wildman–Crippen LogP) is 2.86. The number of nitrogens with zero attached hydrogens (tertiary/aromatic N) is 2. The van der Waals surface area contributed by atoms with Crippen LogP contribution in [-0.4, -0.2) is 28.0 Å². The van der Waals surface area contributed by atoms with Crippen molar-refractivity contribution in [1.29, 1.82) is 0 Å². The minimum atomic E-state index is -0.0349. The van der Waals surface area contributed by atoms with E-state index < -0.39 is 0 Å². The molecule has 4 heteroatoms. The molecule has 1 aliphatic heterocycles. The van der Waals surface area contributed by atoms with Gasteiger partial charge in [0, 0.05) is 0 Å². The standard InChI is InChI=1S/C16H21N3O/c1-12(19-10-6-2-3-7-11-19)15-17-14-9-5-4-8-13(14)16(20)18-15/h4-5,8-9,12H,2-3,6-7,10-11H2,1H3,(H,17,18,20). The van der Waals surface area contributed by atoms with Crippen LogP contribution >= 0.6 is 0 Å². The van der Waals surface area contributed by atoms with Crippen LogP contribution < -0.4 is 5.56 Å². The van der Waals surface area contributed by atoms with Crippen molar-refractivity contribution in [2.75, 3.05) is 13.1 Å². The van der Waals surface area contributed by atoms with Crippen LogP contribution in [0.2, 0.25) is 0 Å². The summed E-state index contributed by atoms with van der Waals surface area (Å²) in [6.07, 6.45) is 5.10. The van der Waals surface area contributed by atoms with Crippen LogP contribution in [0, 0.1) is 0 Å². The van der Waals surface area contributed by atoms with E-state index in [0.29, 0.717) is 5.39 Å². The molecule has 0 radical (unpaired) electrons. The highest BCUT2D eigenvalue weighted by atomic mass is 16.1. The highest BCUT2D eigenvalue weighted by Gasteiger charge is 2.19. The first-order chi connectivity index (χ1) is 9.75. The molecule has 0 spiro atoms. The maximum atomic E-state index is 12.1. The monoisotopic (exact) mass is 271 g/mol. The first kappa shape index (κ1) is 13.3. The predicted molar refractivity (Wildman–Crippen MR) is 80.8 cm³/mol. The third kappa shape index (κ3) is 2.61. The van der Waals surface area contributed by atoms with Gasteiger partial charge in [0.05, 0.1) is 16.9 Å². The normalized spacial score (nSPS) is 18.9. The Morgan fingerprint density at radius 2 is 1.85 bits per heavy atom. The summed E-state index contributed by atoms with van der Waals surface area (Å²) in [5.41, 5.74) is 0.750. The van der Waals surface area contributed by atoms with Gasteiger partial charge in [0.15, 0.2) is 0 Å². The van der Waals surface area contributed by atoms with Crippen molar-refractivity contribution in [2.24, 2.45) is 0 Å². The second kappa shape index (κ2) is 5.75. The van der Waals surface area contributed by atoms with E-state index in [2.05, 4.69) is 21.8 Å². The number of aromatic nitrogens is 2. The summed E-state index contributed by atoms with van der Waals surface area (Å²) in [6.45, 7) is 4.33. The van der Waals surface area contributed by atoms with Crippen molar-refractivity contribution in [1.82, 2.24) is 14.9 Å². The van der Waals surface area contributed by atoms with Gasteiger partial charge in [-0.25, -0.2) is 4.98 Å². The summed E-state index contributed by atoms with van der Waals surface area (Å²) >= 11 is 0. The van der Waals surface area contributed by atoms with Crippen LogP contribution in [0.5, 0.6) is 0 Å². The van der Waals surface area contributed by atoms with E-state index in [1.807, 2.05) is 24.3 Å². The van der Waals surface area contributed by atoms with Gasteiger partial charge in [-0.3, -0.25) is 9.69 Å². The Balaban J connectivity index is 1.94. The Labute approximate surface area is 118 Å². The van der Waals surface area contributed by atoms with Crippen molar-refractivity contribution in [3.8, 4) is 0 Å². The number of hydrogen-bond donors (Lipinski definition) is 1. The van der Waals surface area contributed by atoms with Gasteiger partial charge < -0.3 is 4.98 Å². The van der Waals surface area contributed by atoms with E-state index in [0.717, 1.165) is 24.4 Å². The number of para-hydroxylation sites is 1. The molecule has 1 aromatic heterocycles. The lowest BCUT2D eigenvalue weighted by Gasteiger charge is -2.26. The maximum Gasteiger partial charge on any atom is 0.258 e. The largest absolute Gasteiger partial charge is 0.309 e. The van der Waals surface area contributed by atoms with Gasteiger partial charge in [-0.2, -0.15) is 0 Å². The second-order valence-electron chi connectivity index (χ2n) is 5.59. The van der Waals surface area contributed by atoms with Gasteiger partial charge in [0.1, 0.15) is 5.82 Å². The average Bonchev–Trinajstić information content (AvgIpc) is 2.75. The number of likely N-dealkylation sites (tertiary alicyclic amines) is 1. The van der Waals surface area contributed by atoms with Gasteiger partial charge in [-0.05, 0) is 45.0 Å². The molecule has 0 amide bonds. The summed E-state index contributed by atoms with van der Waals surface area (Å²) < 4.78 is 0. The zero-order valence-electron chi connectivity index (χ0n) is 11.9. The van der Waals surface area contributed by atoms with E-state index in [-0.39, 0.29) is 11.6 Å². The van der Waals surface area contributed by atoms with E-state index in [1.165, 1.54) is 25.7 Å². The number of aromatic amines is 1. The molecule has 1 atom stereocenters. The first-order valence-corrected chi connectivity index (χ1v) is 7.49. The summed E-state index contributed by atoms with van der Waals surface area (Å²) in [4.78, 5) is 22.2. The Morgan fingerprint density at radius 1 is 1.15 bits per heavy atom. The molecular formula is C16H21N3O. The second-order valence-corrected chi connectivity index (χ2v) is 5.59. The number of rotatable bonds is 2. The Morgan fingerprint density at radius 3 is 2.60 bits per heavy atom. The lowest BCUT2D eigenvalue weighted by Crippen LogP contribution is -2.30. The number of fused-ring (bicyclic) bond motifs is 1. The lowest BCUT2D eigenvalue weighted by molar-refractivity contribution is 0.211. The summed E-state index contributed by atoms with van der Waals surface area (Å²) in [6, 6.07) is 7.70. The van der Waals surface area contributed by atoms with Crippen molar-refractivity contribution in [3.63, 3.8) is 0 Å². The van der Waals surface area contributed by atoms with Crippen molar-refractivity contribution >= 4 is 10.9 Å². The summed E-state index contributed by atoms with van der Waals surface area (Å²) in [7, 11) is 0. The fourth-order valence-electron chi connectivity index (χ4n) is 2.96. The fourth-order valence-corrected chi connectivity index (χ4v) is 2.96. The molecule has 2 heterocycles. The molecule has 2 aromatic rings. The van der Waals surface area contributed by atoms with Gasteiger partial charge in [-0.15, -0.1) is 0 Å². The molecular weight excluding hydrogens is 250 g/mol. The fraction of sp³-hybridized carbons (Fsp3) is 0.500. The third-order valence-corrected chi connectivity index (χ3v) is 4.22. The Hall–Kier alpha value is -1.68. The molecule has 1 N–H and O–H groups in total. The van der Waals surface area contributed by atoms with Gasteiger partial charge in [0.25, 0.3) is 5.56 Å². The molecule has 1 unspecified atom stereocenters. The molecule has 1 aromatic carbocycles. The van der Waals surface area contributed by atoms with Gasteiger partial charge in [0.2, 0.25) is 0 Å². The molecule has 1 aliphatic rings. The van der Waals surface area contributed by atoms with Gasteiger partial charge in [-0.1, -0.05) is 25.0 Å². The van der Waals surface area contributed by atoms with E-state index in [9.17, 15) is 4.79 Å². The van der Waals surface area contributed by atoms with Crippen LogP contribution in [0.15, 0.2) is 29.1 Å². The molecule has 0 saturated carbocycles. The van der Waals surface area contributed by atoms with Crippen LogP contribution in [0.4, 0.5) is 0 Å². The Kier molecular flexibility index (Phi) is 3.83. The Bertz CT molecular complexity index is 641. The molecule has 1 fully saturated rings. The van der Waals surface area contributed by atoms with Crippen LogP contribution in [0.25, 0.3) is 10.9 Å². The van der Waals surface area contributed by atoms with Crippen LogP contribution in [0.1, 0.15) is 44.5 Å². The quantitative estimate of drug-likeness (QED) is 0.913. The molecule has 4 nitrogen and oxygen atoms in total. The van der Waals surface area contributed by atoms with Gasteiger partial charge >= 0.3 is 0 Å². The van der Waals surface area contributed by atoms with E-state index in [4.69, 9.17) is 0 Å². The first-order valence-electron chi connectivity index (χ1n) is 7.49. The number of benzene rings is 1. The molecule has 0 bridgehead atoms. The molecule has 3 rings (SSSR count). The number of H-pyrrole nitrogens is 1. The highest BCUT2D eigenvalue weighted by Crippen LogP contribution is 2.21. The lowest BCUT2D eigenvalue weighted by atomic mass is 10.2. The maximum absolute atomic E-state index is 12.1. The van der Waals surface area contributed by atoms with Crippen molar-refractivity contribution in [2.45, 2.75) is 38.6 Å². The van der Waals surface area contributed by atoms with E-state index in [1.54, 1.807) is 0 Å².